The standard InChI is InChI=1S/C25H28N2O3/c1-14-7-6-10-22(15(14)2)26-16(3)25(30)27-17-11-12-20-21(13-17)24(29)19-9-5-4-8-18(19)23(20)28/h4-5,8-9,11-16,22,26H,6-7,10H2,1-3H3,(H,27,30)/t14-,15-,16+,22-/m1/s1. The van der Waals surface area contributed by atoms with Gasteiger partial charge in [0.2, 0.25) is 5.91 Å². The lowest BCUT2D eigenvalue weighted by Gasteiger charge is -2.36. The zero-order valence-electron chi connectivity index (χ0n) is 17.7. The molecule has 0 bridgehead atoms. The summed E-state index contributed by atoms with van der Waals surface area (Å²) in [6.45, 7) is 6.38. The molecular formula is C25H28N2O3. The Labute approximate surface area is 177 Å². The van der Waals surface area contributed by atoms with Gasteiger partial charge in [0.05, 0.1) is 6.04 Å². The van der Waals surface area contributed by atoms with Crippen LogP contribution in [0.2, 0.25) is 0 Å². The summed E-state index contributed by atoms with van der Waals surface area (Å²) in [4.78, 5) is 38.4. The van der Waals surface area contributed by atoms with Crippen LogP contribution in [0.25, 0.3) is 0 Å². The Morgan fingerprint density at radius 1 is 0.933 bits per heavy atom. The highest BCUT2D eigenvalue weighted by Crippen LogP contribution is 2.31. The van der Waals surface area contributed by atoms with E-state index >= 15 is 0 Å². The molecule has 5 heteroatoms. The fourth-order valence-electron chi connectivity index (χ4n) is 4.64. The van der Waals surface area contributed by atoms with Gasteiger partial charge in [-0.1, -0.05) is 51.0 Å². The highest BCUT2D eigenvalue weighted by Gasteiger charge is 2.31. The lowest BCUT2D eigenvalue weighted by molar-refractivity contribution is -0.118. The summed E-state index contributed by atoms with van der Waals surface area (Å²) in [6.07, 6.45) is 3.50. The number of hydrogen-bond acceptors (Lipinski definition) is 4. The van der Waals surface area contributed by atoms with Crippen LogP contribution in [0.3, 0.4) is 0 Å². The van der Waals surface area contributed by atoms with Crippen molar-refractivity contribution in [3.05, 3.63) is 64.7 Å². The normalized spacial score (nSPS) is 24.0. The van der Waals surface area contributed by atoms with Gasteiger partial charge < -0.3 is 10.6 Å². The maximum atomic E-state index is 12.9. The highest BCUT2D eigenvalue weighted by atomic mass is 16.2. The van der Waals surface area contributed by atoms with Gasteiger partial charge >= 0.3 is 0 Å². The largest absolute Gasteiger partial charge is 0.325 e. The Balaban J connectivity index is 1.49. The first kappa shape index (κ1) is 20.5. The van der Waals surface area contributed by atoms with Crippen LogP contribution in [0.5, 0.6) is 0 Å². The molecule has 30 heavy (non-hydrogen) atoms. The minimum absolute atomic E-state index is 0.143. The third-order valence-electron chi connectivity index (χ3n) is 6.76. The monoisotopic (exact) mass is 404 g/mol. The van der Waals surface area contributed by atoms with E-state index in [2.05, 4.69) is 24.5 Å². The van der Waals surface area contributed by atoms with Crippen molar-refractivity contribution in [1.82, 2.24) is 5.32 Å². The van der Waals surface area contributed by atoms with E-state index in [1.807, 2.05) is 6.92 Å². The Hall–Kier alpha value is -2.79. The van der Waals surface area contributed by atoms with Crippen molar-refractivity contribution >= 4 is 23.2 Å². The molecule has 156 valence electrons. The minimum atomic E-state index is -0.350. The van der Waals surface area contributed by atoms with Gasteiger partial charge in [-0.3, -0.25) is 14.4 Å². The second-order valence-electron chi connectivity index (χ2n) is 8.72. The Kier molecular flexibility index (Phi) is 5.56. The molecule has 4 atom stereocenters. The van der Waals surface area contributed by atoms with Crippen LogP contribution in [0.15, 0.2) is 42.5 Å². The van der Waals surface area contributed by atoms with Gasteiger partial charge in [-0.25, -0.2) is 0 Å². The lowest BCUT2D eigenvalue weighted by Crippen LogP contribution is -2.49. The molecule has 2 aliphatic carbocycles. The molecule has 2 N–H and O–H groups in total. The van der Waals surface area contributed by atoms with Crippen molar-refractivity contribution in [2.24, 2.45) is 11.8 Å². The quantitative estimate of drug-likeness (QED) is 0.683. The summed E-state index contributed by atoms with van der Waals surface area (Å²) in [6, 6.07) is 11.8. The SMILES string of the molecule is C[C@@H]1[C@H](C)CCC[C@H]1N[C@@H](C)C(=O)Nc1ccc2c(c1)C(=O)c1ccccc1C2=O. The molecule has 0 radical (unpaired) electrons. The zero-order valence-corrected chi connectivity index (χ0v) is 17.7. The van der Waals surface area contributed by atoms with Gasteiger partial charge in [0.25, 0.3) is 0 Å². The summed E-state index contributed by atoms with van der Waals surface area (Å²) in [7, 11) is 0. The first-order chi connectivity index (χ1) is 14.4. The number of nitrogens with one attached hydrogen (secondary N) is 2. The fraction of sp³-hybridized carbons (Fsp3) is 0.400. The molecule has 1 saturated carbocycles. The van der Waals surface area contributed by atoms with E-state index in [1.165, 1.54) is 12.8 Å². The maximum absolute atomic E-state index is 12.9. The number of carbonyl (C=O) groups excluding carboxylic acids is 3. The number of fused-ring (bicyclic) bond motifs is 2. The van der Waals surface area contributed by atoms with E-state index in [1.54, 1.807) is 42.5 Å². The van der Waals surface area contributed by atoms with Gasteiger partial charge in [-0.2, -0.15) is 0 Å². The average Bonchev–Trinajstić information content (AvgIpc) is 2.75. The van der Waals surface area contributed by atoms with Crippen LogP contribution in [0.1, 0.15) is 71.9 Å². The van der Waals surface area contributed by atoms with Crippen LogP contribution in [-0.2, 0) is 4.79 Å². The first-order valence-corrected chi connectivity index (χ1v) is 10.8. The molecule has 0 aliphatic heterocycles. The molecular weight excluding hydrogens is 376 g/mol. The van der Waals surface area contributed by atoms with Gasteiger partial charge in [0.15, 0.2) is 11.6 Å². The van der Waals surface area contributed by atoms with Crippen molar-refractivity contribution in [1.29, 1.82) is 0 Å². The van der Waals surface area contributed by atoms with E-state index in [9.17, 15) is 14.4 Å². The third-order valence-corrected chi connectivity index (χ3v) is 6.76. The van der Waals surface area contributed by atoms with E-state index in [0.717, 1.165) is 6.42 Å². The number of amides is 1. The Bertz CT molecular complexity index is 1010. The van der Waals surface area contributed by atoms with E-state index < -0.39 is 0 Å². The number of benzene rings is 2. The van der Waals surface area contributed by atoms with E-state index in [4.69, 9.17) is 0 Å². The van der Waals surface area contributed by atoms with E-state index in [-0.39, 0.29) is 23.5 Å². The number of hydrogen-bond donors (Lipinski definition) is 2. The van der Waals surface area contributed by atoms with Gasteiger partial charge in [-0.15, -0.1) is 0 Å². The predicted molar refractivity (Wildman–Crippen MR) is 117 cm³/mol. The molecule has 1 amide bonds. The fourth-order valence-corrected chi connectivity index (χ4v) is 4.64. The van der Waals surface area contributed by atoms with E-state index in [0.29, 0.717) is 45.8 Å². The molecule has 0 heterocycles. The summed E-state index contributed by atoms with van der Waals surface area (Å²) in [5.74, 6) is 0.691. The highest BCUT2D eigenvalue weighted by molar-refractivity contribution is 6.28. The summed E-state index contributed by atoms with van der Waals surface area (Å²) in [5.41, 5.74) is 2.09. The minimum Gasteiger partial charge on any atom is -0.325 e. The molecule has 2 aliphatic rings. The number of rotatable bonds is 4. The second-order valence-corrected chi connectivity index (χ2v) is 8.72. The molecule has 2 aromatic carbocycles. The lowest BCUT2D eigenvalue weighted by atomic mass is 9.78. The molecule has 0 spiro atoms. The van der Waals surface area contributed by atoms with Crippen LogP contribution < -0.4 is 10.6 Å². The van der Waals surface area contributed by atoms with Crippen molar-refractivity contribution in [3.8, 4) is 0 Å². The van der Waals surface area contributed by atoms with Crippen LogP contribution in [-0.4, -0.2) is 29.6 Å². The molecule has 5 nitrogen and oxygen atoms in total. The number of anilines is 1. The third kappa shape index (κ3) is 3.70. The Morgan fingerprint density at radius 2 is 1.57 bits per heavy atom. The molecule has 2 aromatic rings. The second kappa shape index (κ2) is 8.15. The summed E-state index contributed by atoms with van der Waals surface area (Å²) >= 11 is 0. The van der Waals surface area contributed by atoms with Gasteiger partial charge in [-0.05, 0) is 43.4 Å². The van der Waals surface area contributed by atoms with Crippen molar-refractivity contribution in [3.63, 3.8) is 0 Å². The first-order valence-electron chi connectivity index (χ1n) is 10.8. The number of ketones is 2. The molecule has 0 unspecified atom stereocenters. The molecule has 0 aromatic heterocycles. The molecule has 4 rings (SSSR count). The van der Waals surface area contributed by atoms with Crippen molar-refractivity contribution in [2.45, 2.75) is 52.1 Å². The zero-order chi connectivity index (χ0) is 21.4. The predicted octanol–water partition coefficient (Wildman–Crippen LogP) is 4.20. The van der Waals surface area contributed by atoms with Crippen molar-refractivity contribution < 1.29 is 14.4 Å². The summed E-state index contributed by atoms with van der Waals surface area (Å²) < 4.78 is 0. The van der Waals surface area contributed by atoms with Crippen LogP contribution in [0, 0.1) is 11.8 Å². The smallest absolute Gasteiger partial charge is 0.241 e. The Morgan fingerprint density at radius 3 is 2.27 bits per heavy atom. The maximum Gasteiger partial charge on any atom is 0.241 e. The summed E-state index contributed by atoms with van der Waals surface area (Å²) in [5, 5.41) is 6.38. The van der Waals surface area contributed by atoms with Crippen molar-refractivity contribution in [2.75, 3.05) is 5.32 Å². The number of carbonyl (C=O) groups is 3. The van der Waals surface area contributed by atoms with Crippen LogP contribution in [0.4, 0.5) is 5.69 Å². The molecule has 1 fully saturated rings. The van der Waals surface area contributed by atoms with Gasteiger partial charge in [0, 0.05) is 34.0 Å². The average molecular weight is 405 g/mol. The molecule has 0 saturated heterocycles. The van der Waals surface area contributed by atoms with Crippen LogP contribution >= 0.6 is 0 Å². The topological polar surface area (TPSA) is 75.3 Å². The van der Waals surface area contributed by atoms with Gasteiger partial charge in [0.1, 0.15) is 0 Å².